The predicted octanol–water partition coefficient (Wildman–Crippen LogP) is 2.08. The van der Waals surface area contributed by atoms with Crippen LogP contribution < -0.4 is 16.4 Å². The van der Waals surface area contributed by atoms with Gasteiger partial charge in [-0.3, -0.25) is 14.4 Å². The molecule has 1 aromatic heterocycles. The highest BCUT2D eigenvalue weighted by Crippen LogP contribution is 2.23. The molecule has 5 unspecified atom stereocenters. The van der Waals surface area contributed by atoms with Crippen LogP contribution in [0.15, 0.2) is 54.7 Å². The first kappa shape index (κ1) is 30.6. The molecule has 11 nitrogen and oxygen atoms in total. The highest BCUT2D eigenvalue weighted by Gasteiger charge is 2.40. The number of phenolic OH excluding ortho intramolecular Hbond substituents is 1. The number of nitrogens with two attached hydrogens (primary N) is 1. The number of rotatable bonds is 12. The Kier molecular flexibility index (Phi) is 9.84. The number of nitrogens with zero attached hydrogens (tertiary/aromatic N) is 1. The van der Waals surface area contributed by atoms with Crippen molar-refractivity contribution in [3.8, 4) is 5.75 Å². The Bertz CT molecular complexity index is 1420. The minimum Gasteiger partial charge on any atom is -0.508 e. The van der Waals surface area contributed by atoms with E-state index in [-0.39, 0.29) is 30.4 Å². The summed E-state index contributed by atoms with van der Waals surface area (Å²) in [6.45, 7) is 4.09. The maximum absolute atomic E-state index is 13.8. The van der Waals surface area contributed by atoms with Crippen molar-refractivity contribution in [2.24, 2.45) is 11.7 Å². The molecule has 0 aliphatic carbocycles. The standard InChI is InChI=1S/C31H39N5O6/c1-3-18(2)27(35-28(38)23(32)16-20-17-33-24-8-5-4-7-22(20)24)30(40)36-14-6-9-26(36)29(39)34-25(31(41)42)15-19-10-12-21(37)13-11-19/h4-5,7-8,10-13,17-18,23,25-27,33,37H,3,6,9,14-16,32H2,1-2H3,(H,34,39)(H,35,38)(H,41,42). The van der Waals surface area contributed by atoms with Crippen molar-refractivity contribution in [2.45, 2.75) is 70.1 Å². The molecule has 11 heteroatoms. The van der Waals surface area contributed by atoms with Crippen LogP contribution >= 0.6 is 0 Å². The van der Waals surface area contributed by atoms with Gasteiger partial charge in [-0.15, -0.1) is 0 Å². The van der Waals surface area contributed by atoms with Crippen molar-refractivity contribution < 1.29 is 29.4 Å². The fraction of sp³-hybridized carbons (Fsp3) is 0.419. The number of carboxylic acids is 1. The van der Waals surface area contributed by atoms with Crippen molar-refractivity contribution in [3.63, 3.8) is 0 Å². The number of fused-ring (bicyclic) bond motifs is 1. The minimum absolute atomic E-state index is 0.0158. The molecule has 7 N–H and O–H groups in total. The predicted molar refractivity (Wildman–Crippen MR) is 157 cm³/mol. The van der Waals surface area contributed by atoms with E-state index in [4.69, 9.17) is 5.73 Å². The monoisotopic (exact) mass is 577 g/mol. The fourth-order valence-electron chi connectivity index (χ4n) is 5.39. The number of phenols is 1. The molecule has 0 bridgehead atoms. The van der Waals surface area contributed by atoms with Crippen molar-refractivity contribution in [1.82, 2.24) is 20.5 Å². The third-order valence-electron chi connectivity index (χ3n) is 8.06. The van der Waals surface area contributed by atoms with Gasteiger partial charge in [0.15, 0.2) is 0 Å². The smallest absolute Gasteiger partial charge is 0.326 e. The van der Waals surface area contributed by atoms with E-state index < -0.39 is 42.0 Å². The number of benzene rings is 2. The lowest BCUT2D eigenvalue weighted by molar-refractivity contribution is -0.145. The molecule has 0 saturated carbocycles. The lowest BCUT2D eigenvalue weighted by Gasteiger charge is -2.32. The van der Waals surface area contributed by atoms with Crippen LogP contribution in [0.2, 0.25) is 0 Å². The molecule has 0 spiro atoms. The first-order chi connectivity index (χ1) is 20.1. The van der Waals surface area contributed by atoms with Gasteiger partial charge in [-0.25, -0.2) is 4.79 Å². The molecule has 1 aliphatic rings. The molecule has 1 fully saturated rings. The van der Waals surface area contributed by atoms with E-state index in [9.17, 15) is 29.4 Å². The summed E-state index contributed by atoms with van der Waals surface area (Å²) in [7, 11) is 0. The molecule has 3 aromatic rings. The number of likely N-dealkylation sites (tertiary alicyclic amines) is 1. The van der Waals surface area contributed by atoms with Gasteiger partial charge in [0.25, 0.3) is 0 Å². The van der Waals surface area contributed by atoms with Crippen LogP contribution in [0.4, 0.5) is 0 Å². The van der Waals surface area contributed by atoms with Crippen LogP contribution in [-0.2, 0) is 32.0 Å². The summed E-state index contributed by atoms with van der Waals surface area (Å²) < 4.78 is 0. The lowest BCUT2D eigenvalue weighted by atomic mass is 9.96. The zero-order valence-corrected chi connectivity index (χ0v) is 23.9. The molecule has 3 amide bonds. The number of hydrogen-bond donors (Lipinski definition) is 6. The van der Waals surface area contributed by atoms with Gasteiger partial charge in [-0.2, -0.15) is 0 Å². The number of aromatic hydroxyl groups is 1. The van der Waals surface area contributed by atoms with E-state index >= 15 is 0 Å². The van der Waals surface area contributed by atoms with Gasteiger partial charge in [0, 0.05) is 30.1 Å². The molecule has 4 rings (SSSR count). The molecular weight excluding hydrogens is 538 g/mol. The molecule has 5 atom stereocenters. The third-order valence-corrected chi connectivity index (χ3v) is 8.06. The Balaban J connectivity index is 1.43. The van der Waals surface area contributed by atoms with E-state index in [0.717, 1.165) is 16.5 Å². The summed E-state index contributed by atoms with van der Waals surface area (Å²) in [5, 5.41) is 25.6. The van der Waals surface area contributed by atoms with Gasteiger partial charge < -0.3 is 36.5 Å². The quantitative estimate of drug-likeness (QED) is 0.191. The van der Waals surface area contributed by atoms with Crippen LogP contribution in [0.25, 0.3) is 10.9 Å². The van der Waals surface area contributed by atoms with E-state index in [1.807, 2.05) is 44.3 Å². The number of amides is 3. The first-order valence-corrected chi connectivity index (χ1v) is 14.3. The van der Waals surface area contributed by atoms with Crippen LogP contribution in [0, 0.1) is 5.92 Å². The van der Waals surface area contributed by atoms with Crippen LogP contribution in [0.5, 0.6) is 5.75 Å². The summed E-state index contributed by atoms with van der Waals surface area (Å²) in [5.41, 5.74) is 8.76. The highest BCUT2D eigenvalue weighted by molar-refractivity contribution is 5.95. The summed E-state index contributed by atoms with van der Waals surface area (Å²) in [4.78, 5) is 56.8. The van der Waals surface area contributed by atoms with Gasteiger partial charge in [0.05, 0.1) is 6.04 Å². The molecule has 2 heterocycles. The summed E-state index contributed by atoms with van der Waals surface area (Å²) in [6.07, 6.45) is 3.68. The van der Waals surface area contributed by atoms with E-state index in [2.05, 4.69) is 15.6 Å². The van der Waals surface area contributed by atoms with E-state index in [0.29, 0.717) is 31.4 Å². The largest absolute Gasteiger partial charge is 0.508 e. The lowest BCUT2D eigenvalue weighted by Crippen LogP contribution is -2.58. The number of carbonyl (C=O) groups is 4. The van der Waals surface area contributed by atoms with Crippen molar-refractivity contribution in [1.29, 1.82) is 0 Å². The molecule has 42 heavy (non-hydrogen) atoms. The second-order valence-corrected chi connectivity index (χ2v) is 11.0. The molecule has 1 saturated heterocycles. The molecule has 0 radical (unpaired) electrons. The van der Waals surface area contributed by atoms with Crippen LogP contribution in [0.3, 0.4) is 0 Å². The Labute approximate surface area is 244 Å². The Morgan fingerprint density at radius 1 is 1.07 bits per heavy atom. The summed E-state index contributed by atoms with van der Waals surface area (Å²) in [5.74, 6) is -2.79. The SMILES string of the molecule is CCC(C)C(NC(=O)C(N)Cc1c[nH]c2ccccc12)C(=O)N1CCCC1C(=O)NC(Cc1ccc(O)cc1)C(=O)O. The maximum atomic E-state index is 13.8. The number of carbonyl (C=O) groups excluding carboxylic acids is 3. The average molecular weight is 578 g/mol. The van der Waals surface area contributed by atoms with Gasteiger partial charge in [-0.1, -0.05) is 50.6 Å². The molecule has 2 aromatic carbocycles. The second kappa shape index (κ2) is 13.5. The minimum atomic E-state index is -1.22. The van der Waals surface area contributed by atoms with Gasteiger partial charge in [0.1, 0.15) is 23.9 Å². The number of carboxylic acid groups (broad SMARTS) is 1. The number of aromatic nitrogens is 1. The van der Waals surface area contributed by atoms with Crippen molar-refractivity contribution >= 4 is 34.6 Å². The molecule has 224 valence electrons. The Morgan fingerprint density at radius 3 is 2.48 bits per heavy atom. The Morgan fingerprint density at radius 2 is 1.79 bits per heavy atom. The summed E-state index contributed by atoms with van der Waals surface area (Å²) in [6, 6.07) is 9.94. The normalized spacial score (nSPS) is 17.8. The van der Waals surface area contributed by atoms with Crippen molar-refractivity contribution in [2.75, 3.05) is 6.54 Å². The number of aromatic amines is 1. The van der Waals surface area contributed by atoms with Crippen LogP contribution in [-0.4, -0.2) is 74.5 Å². The second-order valence-electron chi connectivity index (χ2n) is 11.0. The van der Waals surface area contributed by atoms with Crippen LogP contribution in [0.1, 0.15) is 44.2 Å². The van der Waals surface area contributed by atoms with Gasteiger partial charge in [0.2, 0.25) is 17.7 Å². The number of nitrogens with one attached hydrogen (secondary N) is 3. The fourth-order valence-corrected chi connectivity index (χ4v) is 5.39. The number of H-pyrrole nitrogens is 1. The van der Waals surface area contributed by atoms with Gasteiger partial charge in [-0.05, 0) is 54.5 Å². The average Bonchev–Trinajstić information content (AvgIpc) is 3.63. The van der Waals surface area contributed by atoms with Gasteiger partial charge >= 0.3 is 5.97 Å². The zero-order chi connectivity index (χ0) is 30.4. The number of para-hydroxylation sites is 1. The number of hydrogen-bond acceptors (Lipinski definition) is 6. The number of aliphatic carboxylic acids is 1. The van der Waals surface area contributed by atoms with Crippen molar-refractivity contribution in [3.05, 3.63) is 65.9 Å². The first-order valence-electron chi connectivity index (χ1n) is 14.3. The molecular formula is C31H39N5O6. The molecule has 1 aliphatic heterocycles. The van der Waals surface area contributed by atoms with E-state index in [1.54, 1.807) is 12.1 Å². The maximum Gasteiger partial charge on any atom is 0.326 e. The topological polar surface area (TPSA) is 178 Å². The Hall–Kier alpha value is -4.38. The highest BCUT2D eigenvalue weighted by atomic mass is 16.4. The zero-order valence-electron chi connectivity index (χ0n) is 23.9. The summed E-state index contributed by atoms with van der Waals surface area (Å²) >= 11 is 0. The third kappa shape index (κ3) is 7.09. The van der Waals surface area contributed by atoms with E-state index in [1.165, 1.54) is 17.0 Å².